The fourth-order valence-corrected chi connectivity index (χ4v) is 3.79. The molecule has 0 heterocycles. The normalized spacial score (nSPS) is 28.7. The van der Waals surface area contributed by atoms with E-state index in [-0.39, 0.29) is 0 Å². The minimum Gasteiger partial charge on any atom is -0.379 e. The van der Waals surface area contributed by atoms with Crippen LogP contribution in [0.4, 0.5) is 0 Å². The largest absolute Gasteiger partial charge is 0.379 e. The summed E-state index contributed by atoms with van der Waals surface area (Å²) in [5.74, 6) is 0. The first-order valence-electron chi connectivity index (χ1n) is 8.26. The molecule has 0 aromatic carbocycles. The molecule has 2 fully saturated rings. The van der Waals surface area contributed by atoms with E-state index < -0.39 is 0 Å². The Morgan fingerprint density at radius 3 is 2.53 bits per heavy atom. The Morgan fingerprint density at radius 2 is 1.84 bits per heavy atom. The standard InChI is InChI=1S/C16H31NO2/c1-3-9-17-14-13-15(16(14)7-5-6-8-16)19-12-11-18-10-4-2/h14-15,17H,3-13H2,1-2H3. The Kier molecular flexibility index (Phi) is 6.11. The monoisotopic (exact) mass is 269 g/mol. The van der Waals surface area contributed by atoms with Gasteiger partial charge in [-0.15, -0.1) is 0 Å². The van der Waals surface area contributed by atoms with Crippen molar-refractivity contribution in [1.29, 1.82) is 0 Å². The van der Waals surface area contributed by atoms with Crippen molar-refractivity contribution in [2.75, 3.05) is 26.4 Å². The van der Waals surface area contributed by atoms with E-state index in [1.54, 1.807) is 0 Å². The molecular weight excluding hydrogens is 238 g/mol. The molecule has 19 heavy (non-hydrogen) atoms. The van der Waals surface area contributed by atoms with Gasteiger partial charge in [-0.05, 0) is 38.6 Å². The number of nitrogens with one attached hydrogen (secondary N) is 1. The Balaban J connectivity index is 1.72. The van der Waals surface area contributed by atoms with Crippen molar-refractivity contribution >= 4 is 0 Å². The van der Waals surface area contributed by atoms with Gasteiger partial charge in [0.1, 0.15) is 0 Å². The Hall–Kier alpha value is -0.120. The minimum absolute atomic E-state index is 0.458. The highest BCUT2D eigenvalue weighted by Gasteiger charge is 2.56. The maximum atomic E-state index is 6.11. The van der Waals surface area contributed by atoms with Crippen molar-refractivity contribution in [1.82, 2.24) is 5.32 Å². The molecule has 0 saturated heterocycles. The Labute approximate surface area is 118 Å². The summed E-state index contributed by atoms with van der Waals surface area (Å²) in [5.41, 5.74) is 0.458. The van der Waals surface area contributed by atoms with Crippen LogP contribution in [0.5, 0.6) is 0 Å². The number of hydrogen-bond donors (Lipinski definition) is 1. The molecular formula is C16H31NO2. The van der Waals surface area contributed by atoms with Gasteiger partial charge >= 0.3 is 0 Å². The first kappa shape index (κ1) is 15.3. The third kappa shape index (κ3) is 3.50. The van der Waals surface area contributed by atoms with Crippen molar-refractivity contribution in [2.45, 2.75) is 70.9 Å². The first-order chi connectivity index (χ1) is 9.33. The maximum Gasteiger partial charge on any atom is 0.0704 e. The van der Waals surface area contributed by atoms with Crippen molar-refractivity contribution in [2.24, 2.45) is 5.41 Å². The van der Waals surface area contributed by atoms with Crippen LogP contribution in [0.1, 0.15) is 58.8 Å². The van der Waals surface area contributed by atoms with Crippen LogP contribution in [0.3, 0.4) is 0 Å². The summed E-state index contributed by atoms with van der Waals surface area (Å²) < 4.78 is 11.6. The highest BCUT2D eigenvalue weighted by Crippen LogP contribution is 2.54. The molecule has 0 bridgehead atoms. The van der Waals surface area contributed by atoms with Gasteiger partial charge in [-0.25, -0.2) is 0 Å². The van der Waals surface area contributed by atoms with E-state index in [0.29, 0.717) is 17.6 Å². The van der Waals surface area contributed by atoms with Gasteiger partial charge in [-0.2, -0.15) is 0 Å². The third-order valence-corrected chi connectivity index (χ3v) is 4.86. The molecule has 2 aliphatic rings. The molecule has 1 N–H and O–H groups in total. The molecule has 0 aromatic rings. The van der Waals surface area contributed by atoms with Crippen LogP contribution in [0.25, 0.3) is 0 Å². The second-order valence-corrected chi connectivity index (χ2v) is 6.15. The SMILES string of the molecule is CCCNC1CC(OCCOCCC)C12CCCC2. The molecule has 2 rings (SSSR count). The molecule has 2 atom stereocenters. The average Bonchev–Trinajstić information content (AvgIpc) is 2.92. The van der Waals surface area contributed by atoms with Gasteiger partial charge in [0.15, 0.2) is 0 Å². The molecule has 0 aliphatic heterocycles. The molecule has 2 aliphatic carbocycles. The van der Waals surface area contributed by atoms with Gasteiger partial charge in [-0.3, -0.25) is 0 Å². The lowest BCUT2D eigenvalue weighted by molar-refractivity contribution is -0.141. The van der Waals surface area contributed by atoms with Gasteiger partial charge in [0.25, 0.3) is 0 Å². The molecule has 0 aromatic heterocycles. The van der Waals surface area contributed by atoms with Crippen molar-refractivity contribution in [3.8, 4) is 0 Å². The summed E-state index contributed by atoms with van der Waals surface area (Å²) in [6.07, 6.45) is 9.48. The van der Waals surface area contributed by atoms with Crippen molar-refractivity contribution < 1.29 is 9.47 Å². The highest BCUT2D eigenvalue weighted by molar-refractivity contribution is 5.09. The van der Waals surface area contributed by atoms with E-state index in [4.69, 9.17) is 9.47 Å². The zero-order valence-electron chi connectivity index (χ0n) is 12.7. The molecule has 3 nitrogen and oxygen atoms in total. The van der Waals surface area contributed by atoms with Crippen molar-refractivity contribution in [3.05, 3.63) is 0 Å². The van der Waals surface area contributed by atoms with Crippen LogP contribution in [-0.2, 0) is 9.47 Å². The predicted molar refractivity (Wildman–Crippen MR) is 78.4 cm³/mol. The lowest BCUT2D eigenvalue weighted by Gasteiger charge is -2.54. The zero-order chi connectivity index (χ0) is 13.6. The molecule has 0 amide bonds. The van der Waals surface area contributed by atoms with Crippen molar-refractivity contribution in [3.63, 3.8) is 0 Å². The van der Waals surface area contributed by atoms with E-state index in [1.807, 2.05) is 0 Å². The minimum atomic E-state index is 0.458. The quantitative estimate of drug-likeness (QED) is 0.652. The van der Waals surface area contributed by atoms with E-state index in [9.17, 15) is 0 Å². The third-order valence-electron chi connectivity index (χ3n) is 4.86. The summed E-state index contributed by atoms with van der Waals surface area (Å²) >= 11 is 0. The summed E-state index contributed by atoms with van der Waals surface area (Å²) in [6, 6.07) is 0.705. The summed E-state index contributed by atoms with van der Waals surface area (Å²) in [7, 11) is 0. The van der Waals surface area contributed by atoms with Crippen LogP contribution >= 0.6 is 0 Å². The van der Waals surface area contributed by atoms with Crippen LogP contribution in [0, 0.1) is 5.41 Å². The lowest BCUT2D eigenvalue weighted by Crippen LogP contribution is -2.62. The number of hydrogen-bond acceptors (Lipinski definition) is 3. The van der Waals surface area contributed by atoms with Crippen LogP contribution in [0.15, 0.2) is 0 Å². The highest BCUT2D eigenvalue weighted by atomic mass is 16.5. The van der Waals surface area contributed by atoms with Gasteiger partial charge < -0.3 is 14.8 Å². The van der Waals surface area contributed by atoms with E-state index in [1.165, 1.54) is 38.5 Å². The molecule has 0 radical (unpaired) electrons. The predicted octanol–water partition coefficient (Wildman–Crippen LogP) is 3.13. The second-order valence-electron chi connectivity index (χ2n) is 6.15. The summed E-state index contributed by atoms with van der Waals surface area (Å²) in [6.45, 7) is 7.93. The fourth-order valence-electron chi connectivity index (χ4n) is 3.79. The van der Waals surface area contributed by atoms with E-state index in [2.05, 4.69) is 19.2 Å². The van der Waals surface area contributed by atoms with E-state index >= 15 is 0 Å². The van der Waals surface area contributed by atoms with Gasteiger partial charge in [0.05, 0.1) is 19.3 Å². The molecule has 3 heteroatoms. The molecule has 112 valence electrons. The first-order valence-corrected chi connectivity index (χ1v) is 8.26. The van der Waals surface area contributed by atoms with Gasteiger partial charge in [0, 0.05) is 18.1 Å². The average molecular weight is 269 g/mol. The zero-order valence-corrected chi connectivity index (χ0v) is 12.7. The smallest absolute Gasteiger partial charge is 0.0704 e. The van der Waals surface area contributed by atoms with Crippen LogP contribution in [0.2, 0.25) is 0 Å². The Morgan fingerprint density at radius 1 is 1.05 bits per heavy atom. The van der Waals surface area contributed by atoms with Crippen LogP contribution < -0.4 is 5.32 Å². The Bertz CT molecular complexity index is 251. The maximum absolute atomic E-state index is 6.11. The lowest BCUT2D eigenvalue weighted by atomic mass is 9.60. The van der Waals surface area contributed by atoms with E-state index in [0.717, 1.165) is 32.8 Å². The van der Waals surface area contributed by atoms with Gasteiger partial charge in [0.2, 0.25) is 0 Å². The number of rotatable bonds is 9. The van der Waals surface area contributed by atoms with Gasteiger partial charge in [-0.1, -0.05) is 26.7 Å². The summed E-state index contributed by atoms with van der Waals surface area (Å²) in [4.78, 5) is 0. The molecule has 2 unspecified atom stereocenters. The number of ether oxygens (including phenoxy) is 2. The molecule has 1 spiro atoms. The molecule has 2 saturated carbocycles. The summed E-state index contributed by atoms with van der Waals surface area (Å²) in [5, 5.41) is 3.73. The second kappa shape index (κ2) is 7.61. The fraction of sp³-hybridized carbons (Fsp3) is 1.00. The topological polar surface area (TPSA) is 30.5 Å². The van der Waals surface area contributed by atoms with Crippen LogP contribution in [-0.4, -0.2) is 38.5 Å².